The van der Waals surface area contributed by atoms with Crippen molar-refractivity contribution in [3.05, 3.63) is 95.6 Å². The zero-order chi connectivity index (χ0) is 19.5. The van der Waals surface area contributed by atoms with Gasteiger partial charge in [-0.1, -0.05) is 54.1 Å². The Labute approximate surface area is 170 Å². The molecule has 0 amide bonds. The molecule has 0 radical (unpaired) electrons. The van der Waals surface area contributed by atoms with Crippen LogP contribution in [0.15, 0.2) is 85.1 Å². The van der Waals surface area contributed by atoms with E-state index in [2.05, 4.69) is 0 Å². The second-order valence-electron chi connectivity index (χ2n) is 6.32. The first-order chi connectivity index (χ1) is 13.6. The molecule has 1 aromatic heterocycles. The van der Waals surface area contributed by atoms with Crippen LogP contribution in [0.5, 0.6) is 0 Å². The van der Waals surface area contributed by atoms with Crippen LogP contribution in [0.1, 0.15) is 5.56 Å². The van der Waals surface area contributed by atoms with Gasteiger partial charge in [0, 0.05) is 28.0 Å². The largest absolute Gasteiger partial charge is 0.306 e. The normalized spacial score (nSPS) is 12.1. The van der Waals surface area contributed by atoms with Gasteiger partial charge in [0.1, 0.15) is 5.82 Å². The molecular formula is C22H17ClN2O2S. The molecule has 1 unspecified atom stereocenters. The summed E-state index contributed by atoms with van der Waals surface area (Å²) < 4.78 is 22.1. The molecule has 1 N–H and O–H groups in total. The standard InChI is InChI=1S/C22H17ClN2O2S/c23-19-10-8-18(9-11-19)22-24-21(17-4-2-1-3-5-17)14-25(22)20-12-6-16(7-13-20)15-28(26)27/h1-14H,15H2,(H,26,27). The topological polar surface area (TPSA) is 55.1 Å². The maximum atomic E-state index is 11.0. The smallest absolute Gasteiger partial charge is 0.157 e. The van der Waals surface area contributed by atoms with Crippen molar-refractivity contribution in [1.29, 1.82) is 0 Å². The summed E-state index contributed by atoms with van der Waals surface area (Å²) >= 11 is 4.19. The molecule has 0 aliphatic carbocycles. The lowest BCUT2D eigenvalue weighted by molar-refractivity contribution is 0.563. The summed E-state index contributed by atoms with van der Waals surface area (Å²) in [5.41, 5.74) is 4.58. The van der Waals surface area contributed by atoms with E-state index in [0.29, 0.717) is 5.02 Å². The molecular weight excluding hydrogens is 392 g/mol. The molecule has 0 bridgehead atoms. The van der Waals surface area contributed by atoms with Gasteiger partial charge in [-0.25, -0.2) is 9.19 Å². The number of aromatic nitrogens is 2. The van der Waals surface area contributed by atoms with Gasteiger partial charge >= 0.3 is 0 Å². The van der Waals surface area contributed by atoms with E-state index in [1.54, 1.807) is 0 Å². The maximum Gasteiger partial charge on any atom is 0.157 e. The maximum absolute atomic E-state index is 11.0. The number of rotatable bonds is 5. The fourth-order valence-corrected chi connectivity index (χ4v) is 3.63. The first-order valence-electron chi connectivity index (χ1n) is 8.68. The Morgan fingerprint density at radius 1 is 0.893 bits per heavy atom. The average molecular weight is 409 g/mol. The van der Waals surface area contributed by atoms with Crippen molar-refractivity contribution in [2.75, 3.05) is 0 Å². The van der Waals surface area contributed by atoms with Crippen molar-refractivity contribution in [3.8, 4) is 28.3 Å². The first-order valence-corrected chi connectivity index (χ1v) is 10.3. The predicted octanol–water partition coefficient (Wildman–Crippen LogP) is 5.58. The Morgan fingerprint density at radius 2 is 1.57 bits per heavy atom. The van der Waals surface area contributed by atoms with E-state index < -0.39 is 11.1 Å². The highest BCUT2D eigenvalue weighted by atomic mass is 35.5. The van der Waals surface area contributed by atoms with E-state index in [-0.39, 0.29) is 5.75 Å². The van der Waals surface area contributed by atoms with E-state index in [1.807, 2.05) is 89.6 Å². The van der Waals surface area contributed by atoms with Gasteiger partial charge in [0.15, 0.2) is 11.1 Å². The molecule has 6 heteroatoms. The molecule has 0 saturated carbocycles. The van der Waals surface area contributed by atoms with Crippen LogP contribution < -0.4 is 0 Å². The number of imidazole rings is 1. The van der Waals surface area contributed by atoms with Gasteiger partial charge in [0.2, 0.25) is 0 Å². The van der Waals surface area contributed by atoms with E-state index in [0.717, 1.165) is 33.9 Å². The summed E-state index contributed by atoms with van der Waals surface area (Å²) in [5.74, 6) is 0.915. The lowest BCUT2D eigenvalue weighted by atomic mass is 10.2. The van der Waals surface area contributed by atoms with Crippen molar-refractivity contribution < 1.29 is 8.76 Å². The zero-order valence-corrected chi connectivity index (χ0v) is 16.4. The SMILES string of the molecule is O=S(O)Cc1ccc(-n2cc(-c3ccccc3)nc2-c2ccc(Cl)cc2)cc1. The third kappa shape index (κ3) is 4.07. The number of nitrogens with zero attached hydrogens (tertiary/aromatic N) is 2. The van der Waals surface area contributed by atoms with E-state index in [1.165, 1.54) is 0 Å². The molecule has 0 spiro atoms. The molecule has 0 aliphatic heterocycles. The number of halogens is 1. The fraction of sp³-hybridized carbons (Fsp3) is 0.0455. The van der Waals surface area contributed by atoms with Gasteiger partial charge < -0.3 is 4.55 Å². The van der Waals surface area contributed by atoms with Crippen LogP contribution in [0.25, 0.3) is 28.3 Å². The van der Waals surface area contributed by atoms with Crippen LogP contribution in [0, 0.1) is 0 Å². The first kappa shape index (κ1) is 18.6. The van der Waals surface area contributed by atoms with Crippen LogP contribution in [-0.4, -0.2) is 18.3 Å². The zero-order valence-electron chi connectivity index (χ0n) is 14.8. The summed E-state index contributed by atoms with van der Waals surface area (Å²) in [6, 6.07) is 25.2. The van der Waals surface area contributed by atoms with E-state index >= 15 is 0 Å². The van der Waals surface area contributed by atoms with Crippen LogP contribution >= 0.6 is 11.6 Å². The molecule has 140 valence electrons. The van der Waals surface area contributed by atoms with Gasteiger partial charge in [-0.05, 0) is 42.0 Å². The number of hydrogen-bond donors (Lipinski definition) is 1. The minimum absolute atomic E-state index is 0.115. The van der Waals surface area contributed by atoms with Gasteiger partial charge in [0.25, 0.3) is 0 Å². The summed E-state index contributed by atoms with van der Waals surface area (Å²) in [6.07, 6.45) is 2.00. The van der Waals surface area contributed by atoms with Gasteiger partial charge in [-0.3, -0.25) is 4.57 Å². The Morgan fingerprint density at radius 3 is 2.21 bits per heavy atom. The summed E-state index contributed by atoms with van der Waals surface area (Å²) in [5, 5.41) is 0.673. The highest BCUT2D eigenvalue weighted by molar-refractivity contribution is 7.78. The van der Waals surface area contributed by atoms with Gasteiger partial charge in [0.05, 0.1) is 11.4 Å². The van der Waals surface area contributed by atoms with Crippen molar-refractivity contribution in [2.24, 2.45) is 0 Å². The lowest BCUT2D eigenvalue weighted by Crippen LogP contribution is -1.98. The molecule has 4 aromatic rings. The third-order valence-electron chi connectivity index (χ3n) is 4.38. The van der Waals surface area contributed by atoms with Crippen molar-refractivity contribution in [3.63, 3.8) is 0 Å². The summed E-state index contributed by atoms with van der Waals surface area (Å²) in [6.45, 7) is 0. The highest BCUT2D eigenvalue weighted by Crippen LogP contribution is 2.28. The van der Waals surface area contributed by atoms with Crippen LogP contribution in [0.3, 0.4) is 0 Å². The second kappa shape index (κ2) is 8.10. The molecule has 4 nitrogen and oxygen atoms in total. The highest BCUT2D eigenvalue weighted by Gasteiger charge is 2.13. The molecule has 3 aromatic carbocycles. The Balaban J connectivity index is 1.81. The van der Waals surface area contributed by atoms with Crippen molar-refractivity contribution in [2.45, 2.75) is 5.75 Å². The van der Waals surface area contributed by atoms with Crippen molar-refractivity contribution >= 4 is 22.7 Å². The molecule has 0 fully saturated rings. The molecule has 4 rings (SSSR count). The Bertz CT molecular complexity index is 1110. The van der Waals surface area contributed by atoms with E-state index in [4.69, 9.17) is 21.1 Å². The summed E-state index contributed by atoms with van der Waals surface area (Å²) in [4.78, 5) is 4.86. The second-order valence-corrected chi connectivity index (χ2v) is 7.69. The predicted molar refractivity (Wildman–Crippen MR) is 114 cm³/mol. The fourth-order valence-electron chi connectivity index (χ4n) is 3.02. The summed E-state index contributed by atoms with van der Waals surface area (Å²) in [7, 11) is 0. The lowest BCUT2D eigenvalue weighted by Gasteiger charge is -2.09. The minimum atomic E-state index is -1.86. The van der Waals surface area contributed by atoms with Gasteiger partial charge in [-0.15, -0.1) is 0 Å². The quantitative estimate of drug-likeness (QED) is 0.438. The van der Waals surface area contributed by atoms with Gasteiger partial charge in [-0.2, -0.15) is 0 Å². The molecule has 28 heavy (non-hydrogen) atoms. The number of hydrogen-bond acceptors (Lipinski definition) is 2. The molecule has 0 saturated heterocycles. The van der Waals surface area contributed by atoms with Crippen LogP contribution in [0.2, 0.25) is 5.02 Å². The monoisotopic (exact) mass is 408 g/mol. The van der Waals surface area contributed by atoms with Crippen molar-refractivity contribution in [1.82, 2.24) is 9.55 Å². The van der Waals surface area contributed by atoms with Crippen LogP contribution in [-0.2, 0) is 16.8 Å². The molecule has 1 atom stereocenters. The number of benzene rings is 3. The Kier molecular flexibility index (Phi) is 5.39. The third-order valence-corrected chi connectivity index (χ3v) is 5.21. The van der Waals surface area contributed by atoms with Crippen LogP contribution in [0.4, 0.5) is 0 Å². The molecule has 1 heterocycles. The minimum Gasteiger partial charge on any atom is -0.306 e. The average Bonchev–Trinajstić information content (AvgIpc) is 3.15. The Hall–Kier alpha value is -2.73. The van der Waals surface area contributed by atoms with E-state index in [9.17, 15) is 4.21 Å². The molecule has 0 aliphatic rings.